The number of benzene rings is 1. The maximum Gasteiger partial charge on any atom is 0.116 e. The predicted octanol–water partition coefficient (Wildman–Crippen LogP) is 3.22. The van der Waals surface area contributed by atoms with Gasteiger partial charge in [0, 0.05) is 9.58 Å². The average Bonchev–Trinajstić information content (AvgIpc) is 2.29. The molecule has 2 heteroatoms. The first-order valence-corrected chi connectivity index (χ1v) is 4.68. The van der Waals surface area contributed by atoms with Gasteiger partial charge >= 0.3 is 0 Å². The van der Waals surface area contributed by atoms with Crippen molar-refractivity contribution in [3.8, 4) is 5.75 Å². The van der Waals surface area contributed by atoms with Crippen molar-refractivity contribution in [1.82, 2.24) is 0 Å². The molecular weight excluding hydrogens is 168 g/mol. The molecule has 62 valence electrons. The van der Waals surface area contributed by atoms with E-state index >= 15 is 0 Å². The fraction of sp³-hybridized carbons (Fsp3) is 0.200. The molecule has 0 radical (unpaired) electrons. The van der Waals surface area contributed by atoms with Gasteiger partial charge in [-0.1, -0.05) is 0 Å². The number of rotatable bonds is 0. The van der Waals surface area contributed by atoms with E-state index < -0.39 is 0 Å². The number of aromatic hydroxyl groups is 1. The van der Waals surface area contributed by atoms with E-state index in [9.17, 15) is 5.11 Å². The summed E-state index contributed by atoms with van der Waals surface area (Å²) in [6, 6.07) is 5.72. The summed E-state index contributed by atoms with van der Waals surface area (Å²) in [6.07, 6.45) is 0. The molecule has 0 saturated carbocycles. The van der Waals surface area contributed by atoms with Crippen LogP contribution in [0, 0.1) is 13.8 Å². The van der Waals surface area contributed by atoms with Gasteiger partial charge in [0.1, 0.15) is 5.75 Å². The van der Waals surface area contributed by atoms with Crippen LogP contribution in [0.1, 0.15) is 10.4 Å². The van der Waals surface area contributed by atoms with Gasteiger partial charge in [-0.05, 0) is 43.0 Å². The molecule has 12 heavy (non-hydrogen) atoms. The van der Waals surface area contributed by atoms with E-state index in [1.54, 1.807) is 17.4 Å². The van der Waals surface area contributed by atoms with Crippen molar-refractivity contribution >= 4 is 21.4 Å². The van der Waals surface area contributed by atoms with Crippen molar-refractivity contribution in [2.75, 3.05) is 0 Å². The first kappa shape index (κ1) is 7.62. The lowest BCUT2D eigenvalue weighted by atomic mass is 10.2. The molecule has 1 aromatic carbocycles. The van der Waals surface area contributed by atoms with Crippen molar-refractivity contribution in [1.29, 1.82) is 0 Å². The Morgan fingerprint density at radius 3 is 2.67 bits per heavy atom. The largest absolute Gasteiger partial charge is 0.508 e. The number of phenolic OH excluding ortho intramolecular Hbond substituents is 1. The minimum Gasteiger partial charge on any atom is -0.508 e. The molecule has 2 aromatic rings. The zero-order chi connectivity index (χ0) is 8.72. The second-order valence-electron chi connectivity index (χ2n) is 3.04. The van der Waals surface area contributed by atoms with Gasteiger partial charge in [0.15, 0.2) is 0 Å². The zero-order valence-electron chi connectivity index (χ0n) is 7.09. The van der Waals surface area contributed by atoms with Gasteiger partial charge < -0.3 is 5.11 Å². The van der Waals surface area contributed by atoms with E-state index in [1.807, 2.05) is 13.0 Å². The summed E-state index contributed by atoms with van der Waals surface area (Å²) < 4.78 is 1.28. The topological polar surface area (TPSA) is 20.2 Å². The Morgan fingerprint density at radius 2 is 1.92 bits per heavy atom. The maximum absolute atomic E-state index is 9.32. The van der Waals surface area contributed by atoms with Gasteiger partial charge in [0.05, 0.1) is 0 Å². The molecular formula is C10H10OS. The van der Waals surface area contributed by atoms with Gasteiger partial charge in [-0.25, -0.2) is 0 Å². The summed E-state index contributed by atoms with van der Waals surface area (Å²) in [5.41, 5.74) is 1.16. The standard InChI is InChI=1S/C10H10OS/c1-6-3-9(11)5-8-4-7(2)12-10(6)8/h3-5,11H,1-2H3. The molecule has 0 saturated heterocycles. The molecule has 0 aliphatic rings. The molecule has 0 spiro atoms. The summed E-state index contributed by atoms with van der Waals surface area (Å²) in [7, 11) is 0. The molecule has 0 aliphatic heterocycles. The Hall–Kier alpha value is -1.02. The highest BCUT2D eigenvalue weighted by Crippen LogP contribution is 2.31. The maximum atomic E-state index is 9.32. The normalized spacial score (nSPS) is 10.8. The van der Waals surface area contributed by atoms with Crippen LogP contribution in [0.2, 0.25) is 0 Å². The Morgan fingerprint density at radius 1 is 1.17 bits per heavy atom. The Bertz CT molecular complexity index is 429. The average molecular weight is 178 g/mol. The fourth-order valence-corrected chi connectivity index (χ4v) is 2.40. The van der Waals surface area contributed by atoms with E-state index in [-0.39, 0.29) is 0 Å². The van der Waals surface area contributed by atoms with Gasteiger partial charge in [-0.15, -0.1) is 11.3 Å². The molecule has 1 heterocycles. The van der Waals surface area contributed by atoms with Gasteiger partial charge in [-0.2, -0.15) is 0 Å². The van der Waals surface area contributed by atoms with E-state index in [2.05, 4.69) is 13.0 Å². The van der Waals surface area contributed by atoms with E-state index in [4.69, 9.17) is 0 Å². The fourth-order valence-electron chi connectivity index (χ4n) is 1.44. The summed E-state index contributed by atoms with van der Waals surface area (Å²) in [4.78, 5) is 1.29. The molecule has 0 bridgehead atoms. The van der Waals surface area contributed by atoms with E-state index in [0.717, 1.165) is 10.9 Å². The summed E-state index contributed by atoms with van der Waals surface area (Å²) in [6.45, 7) is 4.11. The molecule has 1 aromatic heterocycles. The molecule has 0 fully saturated rings. The smallest absolute Gasteiger partial charge is 0.116 e. The van der Waals surface area contributed by atoms with Gasteiger partial charge in [0.25, 0.3) is 0 Å². The monoisotopic (exact) mass is 178 g/mol. The van der Waals surface area contributed by atoms with Crippen LogP contribution in [-0.4, -0.2) is 5.11 Å². The van der Waals surface area contributed by atoms with Gasteiger partial charge in [-0.3, -0.25) is 0 Å². The lowest BCUT2D eigenvalue weighted by Crippen LogP contribution is -1.71. The molecule has 0 atom stereocenters. The van der Waals surface area contributed by atoms with Crippen LogP contribution in [0.5, 0.6) is 5.75 Å². The number of hydrogen-bond acceptors (Lipinski definition) is 2. The molecule has 0 aliphatic carbocycles. The number of phenols is 1. The van der Waals surface area contributed by atoms with Crippen molar-refractivity contribution in [2.45, 2.75) is 13.8 Å². The van der Waals surface area contributed by atoms with Crippen LogP contribution >= 0.6 is 11.3 Å². The third kappa shape index (κ3) is 1.08. The van der Waals surface area contributed by atoms with Gasteiger partial charge in [0.2, 0.25) is 0 Å². The highest BCUT2D eigenvalue weighted by atomic mass is 32.1. The van der Waals surface area contributed by atoms with E-state index in [1.165, 1.54) is 9.58 Å². The number of fused-ring (bicyclic) bond motifs is 1. The van der Waals surface area contributed by atoms with Crippen LogP contribution < -0.4 is 0 Å². The Labute approximate surface area is 75.3 Å². The second kappa shape index (κ2) is 2.49. The minimum absolute atomic E-state index is 0.359. The molecule has 0 amide bonds. The second-order valence-corrected chi connectivity index (χ2v) is 4.29. The zero-order valence-corrected chi connectivity index (χ0v) is 7.90. The third-order valence-electron chi connectivity index (χ3n) is 1.91. The lowest BCUT2D eigenvalue weighted by molar-refractivity contribution is 0.476. The lowest BCUT2D eigenvalue weighted by Gasteiger charge is -1.96. The van der Waals surface area contributed by atoms with Crippen LogP contribution in [0.3, 0.4) is 0 Å². The highest BCUT2D eigenvalue weighted by Gasteiger charge is 2.02. The number of aryl methyl sites for hydroxylation is 2. The first-order chi connectivity index (χ1) is 5.66. The Kier molecular flexibility index (Phi) is 1.58. The summed E-state index contributed by atoms with van der Waals surface area (Å²) in [5.74, 6) is 0.359. The number of hydrogen-bond donors (Lipinski definition) is 1. The van der Waals surface area contributed by atoms with Crippen molar-refractivity contribution in [2.24, 2.45) is 0 Å². The molecule has 1 N–H and O–H groups in total. The van der Waals surface area contributed by atoms with Crippen LogP contribution in [0.4, 0.5) is 0 Å². The first-order valence-electron chi connectivity index (χ1n) is 3.86. The van der Waals surface area contributed by atoms with Crippen molar-refractivity contribution in [3.05, 3.63) is 28.6 Å². The van der Waals surface area contributed by atoms with Crippen molar-refractivity contribution < 1.29 is 5.11 Å². The van der Waals surface area contributed by atoms with Crippen LogP contribution in [-0.2, 0) is 0 Å². The highest BCUT2D eigenvalue weighted by molar-refractivity contribution is 7.19. The SMILES string of the molecule is Cc1cc2cc(O)cc(C)c2s1. The summed E-state index contributed by atoms with van der Waals surface area (Å²) in [5, 5.41) is 10.5. The van der Waals surface area contributed by atoms with E-state index in [0.29, 0.717) is 5.75 Å². The predicted molar refractivity (Wildman–Crippen MR) is 53.0 cm³/mol. The third-order valence-corrected chi connectivity index (χ3v) is 3.11. The molecule has 0 unspecified atom stereocenters. The molecule has 2 rings (SSSR count). The quantitative estimate of drug-likeness (QED) is 0.656. The molecule has 1 nitrogen and oxygen atoms in total. The Balaban J connectivity index is 2.88. The summed E-state index contributed by atoms with van der Waals surface area (Å²) >= 11 is 1.78. The minimum atomic E-state index is 0.359. The number of thiophene rings is 1. The van der Waals surface area contributed by atoms with Crippen LogP contribution in [0.15, 0.2) is 18.2 Å². The van der Waals surface area contributed by atoms with Crippen molar-refractivity contribution in [3.63, 3.8) is 0 Å². The van der Waals surface area contributed by atoms with Crippen LogP contribution in [0.25, 0.3) is 10.1 Å².